The number of sulfonamides is 1. The van der Waals surface area contributed by atoms with Gasteiger partial charge in [0.15, 0.2) is 0 Å². The van der Waals surface area contributed by atoms with Gasteiger partial charge >= 0.3 is 0 Å². The van der Waals surface area contributed by atoms with Crippen molar-refractivity contribution in [2.45, 2.75) is 56.5 Å². The normalized spacial score (nSPS) is 20.7. The number of amides is 2. The molecule has 2 amide bonds. The molecule has 1 atom stereocenters. The summed E-state index contributed by atoms with van der Waals surface area (Å²) in [6.45, 7) is 3.06. The molecule has 2 aromatic carbocycles. The summed E-state index contributed by atoms with van der Waals surface area (Å²) in [6.07, 6.45) is 3.52. The van der Waals surface area contributed by atoms with E-state index in [-0.39, 0.29) is 34.6 Å². The van der Waals surface area contributed by atoms with Gasteiger partial charge in [0.05, 0.1) is 12.0 Å². The summed E-state index contributed by atoms with van der Waals surface area (Å²) in [6, 6.07) is 12.7. The molecule has 192 valence electrons. The molecule has 9 heteroatoms. The molecule has 2 aliphatic heterocycles. The molecule has 1 unspecified atom stereocenters. The van der Waals surface area contributed by atoms with E-state index in [1.165, 1.54) is 4.31 Å². The number of ether oxygens (including phenoxy) is 1. The van der Waals surface area contributed by atoms with Crippen LogP contribution in [0.15, 0.2) is 47.4 Å². The van der Waals surface area contributed by atoms with Gasteiger partial charge in [0.2, 0.25) is 21.8 Å². The highest BCUT2D eigenvalue weighted by Crippen LogP contribution is 2.40. The number of carbonyl (C=O) groups excluding carboxylic acids is 2. The first-order valence-corrected chi connectivity index (χ1v) is 14.1. The topological polar surface area (TPSA) is 96.0 Å². The number of hydrogen-bond donors (Lipinski definition) is 1. The lowest BCUT2D eigenvalue weighted by Crippen LogP contribution is -2.42. The number of nitrogens with one attached hydrogen (secondary N) is 1. The first kappa shape index (κ1) is 24.8. The van der Waals surface area contributed by atoms with E-state index in [1.807, 2.05) is 36.1 Å². The van der Waals surface area contributed by atoms with Crippen LogP contribution in [0.1, 0.15) is 43.7 Å². The van der Waals surface area contributed by atoms with E-state index < -0.39 is 10.0 Å². The Kier molecular flexibility index (Phi) is 6.78. The average molecular weight is 512 g/mol. The Bertz CT molecular complexity index is 1250. The number of piperidine rings is 1. The third kappa shape index (κ3) is 4.86. The highest BCUT2D eigenvalue weighted by Gasteiger charge is 2.40. The van der Waals surface area contributed by atoms with Crippen molar-refractivity contribution in [3.05, 3.63) is 53.6 Å². The molecule has 5 rings (SSSR count). The van der Waals surface area contributed by atoms with Crippen LogP contribution in [-0.2, 0) is 32.6 Å². The van der Waals surface area contributed by atoms with Crippen molar-refractivity contribution in [1.82, 2.24) is 9.62 Å². The van der Waals surface area contributed by atoms with Crippen molar-refractivity contribution in [2.75, 3.05) is 25.1 Å². The van der Waals surface area contributed by atoms with Gasteiger partial charge in [-0.3, -0.25) is 9.59 Å². The number of rotatable bonds is 7. The molecule has 2 heterocycles. The summed E-state index contributed by atoms with van der Waals surface area (Å²) in [5.41, 5.74) is 2.73. The van der Waals surface area contributed by atoms with E-state index in [4.69, 9.17) is 4.74 Å². The van der Waals surface area contributed by atoms with E-state index in [0.717, 1.165) is 35.4 Å². The second-order valence-corrected chi connectivity index (χ2v) is 12.0. The van der Waals surface area contributed by atoms with Gasteiger partial charge in [-0.2, -0.15) is 4.31 Å². The lowest BCUT2D eigenvalue weighted by Gasteiger charge is -2.30. The molecule has 3 aliphatic rings. The van der Waals surface area contributed by atoms with Gasteiger partial charge in [-0.15, -0.1) is 0 Å². The molecular weight excluding hydrogens is 478 g/mol. The number of hydrogen-bond acceptors (Lipinski definition) is 5. The van der Waals surface area contributed by atoms with Gasteiger partial charge in [0.25, 0.3) is 0 Å². The summed E-state index contributed by atoms with van der Waals surface area (Å²) in [5, 5.41) is 2.97. The SMILES string of the molecule is COc1ccc(CNC(=O)C2CCN(S(=O)(=O)c3ccc4c(c3)CC(C)N4C(=O)C3CC3)CC2)cc1. The smallest absolute Gasteiger partial charge is 0.243 e. The Balaban J connectivity index is 1.19. The second kappa shape index (κ2) is 9.86. The van der Waals surface area contributed by atoms with Crippen LogP contribution in [0.4, 0.5) is 5.69 Å². The minimum Gasteiger partial charge on any atom is -0.497 e. The van der Waals surface area contributed by atoms with Crippen LogP contribution >= 0.6 is 0 Å². The van der Waals surface area contributed by atoms with Crippen molar-refractivity contribution in [1.29, 1.82) is 0 Å². The zero-order valence-corrected chi connectivity index (χ0v) is 21.6. The van der Waals surface area contributed by atoms with Crippen molar-refractivity contribution < 1.29 is 22.7 Å². The maximum absolute atomic E-state index is 13.4. The number of methoxy groups -OCH3 is 1. The fraction of sp³-hybridized carbons (Fsp3) is 0.481. The molecular formula is C27H33N3O5S. The van der Waals surface area contributed by atoms with E-state index in [2.05, 4.69) is 5.32 Å². The molecule has 0 aromatic heterocycles. The van der Waals surface area contributed by atoms with Crippen molar-refractivity contribution in [3.63, 3.8) is 0 Å². The number of anilines is 1. The maximum atomic E-state index is 13.4. The van der Waals surface area contributed by atoms with Gasteiger partial charge in [0, 0.05) is 43.2 Å². The minimum absolute atomic E-state index is 0.0400. The monoisotopic (exact) mass is 511 g/mol. The fourth-order valence-electron chi connectivity index (χ4n) is 5.22. The Morgan fingerprint density at radius 2 is 1.69 bits per heavy atom. The average Bonchev–Trinajstić information content (AvgIpc) is 3.69. The van der Waals surface area contributed by atoms with Crippen molar-refractivity contribution in [3.8, 4) is 5.75 Å². The summed E-state index contributed by atoms with van der Waals surface area (Å²) in [4.78, 5) is 27.5. The summed E-state index contributed by atoms with van der Waals surface area (Å²) in [7, 11) is -2.06. The van der Waals surface area contributed by atoms with Crippen LogP contribution in [-0.4, -0.2) is 50.8 Å². The van der Waals surface area contributed by atoms with E-state index >= 15 is 0 Å². The summed E-state index contributed by atoms with van der Waals surface area (Å²) < 4.78 is 33.4. The van der Waals surface area contributed by atoms with Crippen LogP contribution in [0.5, 0.6) is 5.75 Å². The zero-order chi connectivity index (χ0) is 25.4. The lowest BCUT2D eigenvalue weighted by atomic mass is 9.97. The molecule has 2 aromatic rings. The molecule has 8 nitrogen and oxygen atoms in total. The first-order chi connectivity index (χ1) is 17.3. The fourth-order valence-corrected chi connectivity index (χ4v) is 6.74. The number of fused-ring (bicyclic) bond motifs is 1. The Morgan fingerprint density at radius 1 is 1.00 bits per heavy atom. The highest BCUT2D eigenvalue weighted by molar-refractivity contribution is 7.89. The quantitative estimate of drug-likeness (QED) is 0.616. The molecule has 0 spiro atoms. The minimum atomic E-state index is -3.67. The predicted octanol–water partition coefficient (Wildman–Crippen LogP) is 3.10. The second-order valence-electron chi connectivity index (χ2n) is 10.1. The van der Waals surface area contributed by atoms with Gasteiger partial charge in [0.1, 0.15) is 5.75 Å². The molecule has 36 heavy (non-hydrogen) atoms. The number of carbonyl (C=O) groups is 2. The van der Waals surface area contributed by atoms with Crippen molar-refractivity contribution in [2.24, 2.45) is 11.8 Å². The molecule has 2 fully saturated rings. The molecule has 1 aliphatic carbocycles. The maximum Gasteiger partial charge on any atom is 0.243 e. The summed E-state index contributed by atoms with van der Waals surface area (Å²) in [5.74, 6) is 0.786. The van der Waals surface area contributed by atoms with Crippen LogP contribution in [0.2, 0.25) is 0 Å². The Morgan fingerprint density at radius 3 is 2.33 bits per heavy atom. The third-order valence-electron chi connectivity index (χ3n) is 7.52. The zero-order valence-electron chi connectivity index (χ0n) is 20.8. The van der Waals surface area contributed by atoms with Gasteiger partial charge in [-0.1, -0.05) is 12.1 Å². The van der Waals surface area contributed by atoms with E-state index in [1.54, 1.807) is 25.3 Å². The largest absolute Gasteiger partial charge is 0.497 e. The molecule has 0 bridgehead atoms. The molecule has 1 N–H and O–H groups in total. The highest BCUT2D eigenvalue weighted by atomic mass is 32.2. The van der Waals surface area contributed by atoms with Crippen LogP contribution in [0.25, 0.3) is 0 Å². The third-order valence-corrected chi connectivity index (χ3v) is 9.41. The standard InChI is InChI=1S/C27H33N3O5S/c1-18-15-22-16-24(9-10-25(22)30(18)27(32)21-5-6-21)36(33,34)29-13-11-20(12-14-29)26(31)28-17-19-3-7-23(35-2)8-4-19/h3-4,7-10,16,18,20-21H,5-6,11-15,17H2,1-2H3,(H,28,31). The number of nitrogens with zero attached hydrogens (tertiary/aromatic N) is 2. The van der Waals surface area contributed by atoms with E-state index in [0.29, 0.717) is 38.9 Å². The van der Waals surface area contributed by atoms with Crippen LogP contribution in [0.3, 0.4) is 0 Å². The first-order valence-electron chi connectivity index (χ1n) is 12.6. The summed E-state index contributed by atoms with van der Waals surface area (Å²) >= 11 is 0. The van der Waals surface area contributed by atoms with E-state index in [9.17, 15) is 18.0 Å². The predicted molar refractivity (Wildman–Crippen MR) is 136 cm³/mol. The molecule has 0 radical (unpaired) electrons. The van der Waals surface area contributed by atoms with Crippen LogP contribution < -0.4 is 15.0 Å². The van der Waals surface area contributed by atoms with Gasteiger partial charge < -0.3 is 15.0 Å². The van der Waals surface area contributed by atoms with Gasteiger partial charge in [-0.25, -0.2) is 8.42 Å². The Hall–Kier alpha value is -2.91. The van der Waals surface area contributed by atoms with Crippen LogP contribution in [0, 0.1) is 11.8 Å². The Labute approximate surface area is 212 Å². The van der Waals surface area contributed by atoms with Gasteiger partial charge in [-0.05, 0) is 80.5 Å². The molecule has 1 saturated carbocycles. The van der Waals surface area contributed by atoms with Crippen molar-refractivity contribution >= 4 is 27.5 Å². The lowest BCUT2D eigenvalue weighted by molar-refractivity contribution is -0.126. The number of benzene rings is 2. The molecule has 1 saturated heterocycles.